The standard InChI is InChI=1S/C11H11N5OS/c1-6-5-9(16(2)13-6)18-8-4-3-7(12)10-11(8)15-17-14-10/h3-5H,12H2,1-2H3. The van der Waals surface area contributed by atoms with Crippen molar-refractivity contribution in [1.29, 1.82) is 0 Å². The number of nitrogen functional groups attached to an aromatic ring is 1. The molecular weight excluding hydrogens is 250 g/mol. The third-order valence-corrected chi connectivity index (χ3v) is 3.72. The van der Waals surface area contributed by atoms with Crippen LogP contribution in [0.5, 0.6) is 0 Å². The molecular formula is C11H11N5OS. The molecule has 0 aliphatic rings. The first-order chi connectivity index (χ1) is 8.65. The van der Waals surface area contributed by atoms with Crippen LogP contribution < -0.4 is 5.73 Å². The van der Waals surface area contributed by atoms with Crippen LogP contribution in [0.15, 0.2) is 32.7 Å². The Morgan fingerprint density at radius 3 is 2.78 bits per heavy atom. The molecule has 0 unspecified atom stereocenters. The highest BCUT2D eigenvalue weighted by Gasteiger charge is 2.13. The van der Waals surface area contributed by atoms with Crippen molar-refractivity contribution in [2.45, 2.75) is 16.8 Å². The molecule has 0 aliphatic carbocycles. The van der Waals surface area contributed by atoms with E-state index in [1.807, 2.05) is 30.8 Å². The summed E-state index contributed by atoms with van der Waals surface area (Å²) in [7, 11) is 1.91. The van der Waals surface area contributed by atoms with E-state index in [2.05, 4.69) is 15.4 Å². The normalized spacial score (nSPS) is 11.2. The number of nitrogens with two attached hydrogens (primary N) is 1. The molecule has 1 aromatic carbocycles. The Hall–Kier alpha value is -2.02. The molecule has 0 atom stereocenters. The van der Waals surface area contributed by atoms with E-state index in [4.69, 9.17) is 10.4 Å². The second-order valence-corrected chi connectivity index (χ2v) is 5.03. The molecule has 18 heavy (non-hydrogen) atoms. The second kappa shape index (κ2) is 4.02. The van der Waals surface area contributed by atoms with Gasteiger partial charge in [0, 0.05) is 11.9 Å². The van der Waals surface area contributed by atoms with Gasteiger partial charge in [-0.3, -0.25) is 4.68 Å². The molecule has 3 aromatic rings. The molecule has 2 N–H and O–H groups in total. The van der Waals surface area contributed by atoms with Crippen molar-refractivity contribution in [3.05, 3.63) is 23.9 Å². The van der Waals surface area contributed by atoms with Crippen LogP contribution in [-0.2, 0) is 7.05 Å². The average molecular weight is 261 g/mol. The molecule has 2 heterocycles. The molecule has 6 nitrogen and oxygen atoms in total. The minimum absolute atomic E-state index is 0.566. The quantitative estimate of drug-likeness (QED) is 0.710. The third-order valence-electron chi connectivity index (χ3n) is 2.58. The zero-order chi connectivity index (χ0) is 12.7. The Morgan fingerprint density at radius 1 is 1.28 bits per heavy atom. The Balaban J connectivity index is 2.08. The molecule has 0 radical (unpaired) electrons. The number of benzene rings is 1. The lowest BCUT2D eigenvalue weighted by molar-refractivity contribution is 0.315. The number of aromatic nitrogens is 4. The summed E-state index contributed by atoms with van der Waals surface area (Å²) in [5.41, 5.74) is 8.63. The van der Waals surface area contributed by atoms with Gasteiger partial charge in [0.05, 0.1) is 16.4 Å². The summed E-state index contributed by atoms with van der Waals surface area (Å²) in [6.45, 7) is 1.96. The highest BCUT2D eigenvalue weighted by molar-refractivity contribution is 7.99. The van der Waals surface area contributed by atoms with E-state index in [-0.39, 0.29) is 0 Å². The van der Waals surface area contributed by atoms with Gasteiger partial charge in [0.1, 0.15) is 0 Å². The molecule has 0 bridgehead atoms. The lowest BCUT2D eigenvalue weighted by Crippen LogP contribution is -1.93. The van der Waals surface area contributed by atoms with E-state index in [0.29, 0.717) is 16.7 Å². The van der Waals surface area contributed by atoms with E-state index in [1.165, 1.54) is 0 Å². The van der Waals surface area contributed by atoms with Gasteiger partial charge in [-0.05, 0) is 35.4 Å². The zero-order valence-corrected chi connectivity index (χ0v) is 10.7. The topological polar surface area (TPSA) is 82.8 Å². The molecule has 0 saturated carbocycles. The highest BCUT2D eigenvalue weighted by Crippen LogP contribution is 2.34. The molecule has 2 aromatic heterocycles. The summed E-state index contributed by atoms with van der Waals surface area (Å²) >= 11 is 1.56. The molecule has 0 amide bonds. The fraction of sp³-hybridized carbons (Fsp3) is 0.182. The van der Waals surface area contributed by atoms with Crippen LogP contribution in [0.25, 0.3) is 11.0 Å². The van der Waals surface area contributed by atoms with Crippen LogP contribution in [-0.4, -0.2) is 20.1 Å². The van der Waals surface area contributed by atoms with Crippen molar-refractivity contribution >= 4 is 28.5 Å². The minimum atomic E-state index is 0.566. The van der Waals surface area contributed by atoms with Gasteiger partial charge in [-0.15, -0.1) is 0 Å². The largest absolute Gasteiger partial charge is 0.397 e. The SMILES string of the molecule is Cc1cc(Sc2ccc(N)c3nonc23)n(C)n1. The van der Waals surface area contributed by atoms with E-state index in [9.17, 15) is 0 Å². The summed E-state index contributed by atoms with van der Waals surface area (Å²) in [4.78, 5) is 0.948. The number of hydrogen-bond donors (Lipinski definition) is 1. The Labute approximate surface area is 107 Å². The Bertz CT molecular complexity index is 717. The van der Waals surface area contributed by atoms with Crippen molar-refractivity contribution in [3.8, 4) is 0 Å². The number of rotatable bonds is 2. The number of fused-ring (bicyclic) bond motifs is 1. The van der Waals surface area contributed by atoms with Gasteiger partial charge in [0.15, 0.2) is 11.0 Å². The van der Waals surface area contributed by atoms with Gasteiger partial charge in [-0.1, -0.05) is 11.8 Å². The fourth-order valence-corrected chi connectivity index (χ4v) is 2.73. The number of aryl methyl sites for hydroxylation is 2. The molecule has 7 heteroatoms. The molecule has 0 aliphatic heterocycles. The van der Waals surface area contributed by atoms with Crippen molar-refractivity contribution in [3.63, 3.8) is 0 Å². The van der Waals surface area contributed by atoms with Crippen molar-refractivity contribution in [2.75, 3.05) is 5.73 Å². The van der Waals surface area contributed by atoms with Gasteiger partial charge < -0.3 is 5.73 Å². The number of hydrogen-bond acceptors (Lipinski definition) is 6. The van der Waals surface area contributed by atoms with Crippen LogP contribution in [0.4, 0.5) is 5.69 Å². The minimum Gasteiger partial charge on any atom is -0.397 e. The van der Waals surface area contributed by atoms with Gasteiger partial charge in [-0.2, -0.15) is 5.10 Å². The zero-order valence-electron chi connectivity index (χ0n) is 9.91. The second-order valence-electron chi connectivity index (χ2n) is 3.96. The summed E-state index contributed by atoms with van der Waals surface area (Å²) in [6, 6.07) is 5.73. The van der Waals surface area contributed by atoms with Crippen LogP contribution in [0, 0.1) is 6.92 Å². The van der Waals surface area contributed by atoms with Crippen LogP contribution in [0.1, 0.15) is 5.69 Å². The van der Waals surface area contributed by atoms with Gasteiger partial charge in [0.25, 0.3) is 0 Å². The Morgan fingerprint density at radius 2 is 2.06 bits per heavy atom. The number of anilines is 1. The first kappa shape index (κ1) is 11.1. The van der Waals surface area contributed by atoms with Crippen LogP contribution in [0.2, 0.25) is 0 Å². The van der Waals surface area contributed by atoms with E-state index in [0.717, 1.165) is 15.6 Å². The average Bonchev–Trinajstić information content (AvgIpc) is 2.91. The van der Waals surface area contributed by atoms with Crippen molar-refractivity contribution < 1.29 is 4.63 Å². The van der Waals surface area contributed by atoms with E-state index >= 15 is 0 Å². The summed E-state index contributed by atoms with van der Waals surface area (Å²) < 4.78 is 6.57. The lowest BCUT2D eigenvalue weighted by Gasteiger charge is -2.02. The van der Waals surface area contributed by atoms with Crippen molar-refractivity contribution in [1.82, 2.24) is 20.1 Å². The highest BCUT2D eigenvalue weighted by atomic mass is 32.2. The van der Waals surface area contributed by atoms with Gasteiger partial charge in [-0.25, -0.2) is 4.63 Å². The lowest BCUT2D eigenvalue weighted by atomic mass is 10.3. The fourth-order valence-electron chi connectivity index (χ4n) is 1.74. The van der Waals surface area contributed by atoms with Gasteiger partial charge >= 0.3 is 0 Å². The molecule has 0 spiro atoms. The maximum absolute atomic E-state index is 5.81. The van der Waals surface area contributed by atoms with Crippen molar-refractivity contribution in [2.24, 2.45) is 7.05 Å². The summed E-state index contributed by atoms with van der Waals surface area (Å²) in [5, 5.41) is 13.0. The van der Waals surface area contributed by atoms with E-state index in [1.54, 1.807) is 17.8 Å². The molecule has 0 fully saturated rings. The first-order valence-corrected chi connectivity index (χ1v) is 6.16. The Kier molecular flexibility index (Phi) is 2.48. The smallest absolute Gasteiger partial charge is 0.159 e. The maximum atomic E-state index is 5.81. The predicted molar refractivity (Wildman–Crippen MR) is 68.3 cm³/mol. The van der Waals surface area contributed by atoms with E-state index < -0.39 is 0 Å². The molecule has 92 valence electrons. The predicted octanol–water partition coefficient (Wildman–Crippen LogP) is 2.00. The first-order valence-electron chi connectivity index (χ1n) is 5.34. The molecule has 3 rings (SSSR count). The summed E-state index contributed by atoms with van der Waals surface area (Å²) in [5.74, 6) is 0. The van der Waals surface area contributed by atoms with Crippen LogP contribution in [0.3, 0.4) is 0 Å². The monoisotopic (exact) mass is 261 g/mol. The van der Waals surface area contributed by atoms with Gasteiger partial charge in [0.2, 0.25) is 0 Å². The number of nitrogens with zero attached hydrogens (tertiary/aromatic N) is 4. The summed E-state index contributed by atoms with van der Waals surface area (Å²) in [6.07, 6.45) is 0. The maximum Gasteiger partial charge on any atom is 0.159 e. The molecule has 0 saturated heterocycles. The van der Waals surface area contributed by atoms with Crippen LogP contribution >= 0.6 is 11.8 Å². The third kappa shape index (κ3) is 1.72.